The van der Waals surface area contributed by atoms with E-state index < -0.39 is 0 Å². The standard InChI is InChI=1S/C13H21N5O2/c1-3-10-9-16(2)7-4-8-17(10)13-11(18(19)20)5-6-12(14)15-13/h5-6,10H,3-4,7-9H2,1-2H3,(H2,14,15). The van der Waals surface area contributed by atoms with Gasteiger partial charge in [0, 0.05) is 25.2 Å². The molecule has 1 aliphatic heterocycles. The number of aromatic nitrogens is 1. The second-order valence-electron chi connectivity index (χ2n) is 5.21. The van der Waals surface area contributed by atoms with Crippen LogP contribution in [0.1, 0.15) is 19.8 Å². The summed E-state index contributed by atoms with van der Waals surface area (Å²) in [6, 6.07) is 3.14. The van der Waals surface area contributed by atoms with Crippen LogP contribution in [0.4, 0.5) is 17.3 Å². The molecule has 0 saturated carbocycles. The van der Waals surface area contributed by atoms with Gasteiger partial charge in [0.15, 0.2) is 0 Å². The van der Waals surface area contributed by atoms with Gasteiger partial charge >= 0.3 is 5.69 Å². The molecule has 0 bridgehead atoms. The van der Waals surface area contributed by atoms with Gasteiger partial charge in [0.1, 0.15) is 5.82 Å². The van der Waals surface area contributed by atoms with Crippen molar-refractivity contribution in [2.75, 3.05) is 37.3 Å². The summed E-state index contributed by atoms with van der Waals surface area (Å²) in [5.41, 5.74) is 5.75. The van der Waals surface area contributed by atoms with Crippen molar-refractivity contribution in [2.24, 2.45) is 0 Å². The van der Waals surface area contributed by atoms with Gasteiger partial charge in [-0.1, -0.05) is 6.92 Å². The van der Waals surface area contributed by atoms with Gasteiger partial charge in [-0.15, -0.1) is 0 Å². The largest absolute Gasteiger partial charge is 0.384 e. The van der Waals surface area contributed by atoms with E-state index in [0.29, 0.717) is 11.6 Å². The van der Waals surface area contributed by atoms with Crippen LogP contribution in [-0.2, 0) is 0 Å². The maximum Gasteiger partial charge on any atom is 0.311 e. The fourth-order valence-electron chi connectivity index (χ4n) is 2.68. The van der Waals surface area contributed by atoms with Crippen molar-refractivity contribution in [1.82, 2.24) is 9.88 Å². The van der Waals surface area contributed by atoms with Gasteiger partial charge in [-0.3, -0.25) is 10.1 Å². The van der Waals surface area contributed by atoms with Crippen LogP contribution in [0.15, 0.2) is 12.1 Å². The van der Waals surface area contributed by atoms with E-state index >= 15 is 0 Å². The molecule has 1 aromatic rings. The quantitative estimate of drug-likeness (QED) is 0.666. The lowest BCUT2D eigenvalue weighted by Crippen LogP contribution is -2.40. The number of nitrogens with zero attached hydrogens (tertiary/aromatic N) is 4. The average Bonchev–Trinajstić information content (AvgIpc) is 2.59. The maximum atomic E-state index is 11.2. The lowest BCUT2D eigenvalue weighted by Gasteiger charge is -2.30. The summed E-state index contributed by atoms with van der Waals surface area (Å²) in [6.45, 7) is 4.72. The van der Waals surface area contributed by atoms with Gasteiger partial charge in [-0.2, -0.15) is 0 Å². The molecule has 20 heavy (non-hydrogen) atoms. The normalized spacial score (nSPS) is 20.7. The number of pyridine rings is 1. The molecular formula is C13H21N5O2. The summed E-state index contributed by atoms with van der Waals surface area (Å²) in [6.07, 6.45) is 1.87. The molecular weight excluding hydrogens is 258 g/mol. The lowest BCUT2D eigenvalue weighted by molar-refractivity contribution is -0.384. The van der Waals surface area contributed by atoms with Crippen LogP contribution >= 0.6 is 0 Å². The third kappa shape index (κ3) is 2.98. The van der Waals surface area contributed by atoms with E-state index in [-0.39, 0.29) is 16.7 Å². The van der Waals surface area contributed by atoms with Crippen LogP contribution in [0, 0.1) is 10.1 Å². The maximum absolute atomic E-state index is 11.2. The zero-order valence-electron chi connectivity index (χ0n) is 12.0. The van der Waals surface area contributed by atoms with Gasteiger partial charge < -0.3 is 15.5 Å². The smallest absolute Gasteiger partial charge is 0.311 e. The highest BCUT2D eigenvalue weighted by atomic mass is 16.6. The van der Waals surface area contributed by atoms with E-state index in [4.69, 9.17) is 5.73 Å². The zero-order valence-corrected chi connectivity index (χ0v) is 12.0. The average molecular weight is 279 g/mol. The molecule has 7 nitrogen and oxygen atoms in total. The Bertz CT molecular complexity index is 494. The monoisotopic (exact) mass is 279 g/mol. The summed E-state index contributed by atoms with van der Waals surface area (Å²) in [5.74, 6) is 0.718. The number of rotatable bonds is 3. The third-order valence-electron chi connectivity index (χ3n) is 3.72. The molecule has 1 saturated heterocycles. The van der Waals surface area contributed by atoms with Crippen LogP contribution in [-0.4, -0.2) is 47.5 Å². The van der Waals surface area contributed by atoms with Crippen molar-refractivity contribution in [1.29, 1.82) is 0 Å². The minimum Gasteiger partial charge on any atom is -0.384 e. The molecule has 1 aliphatic rings. The Morgan fingerprint density at radius 3 is 2.90 bits per heavy atom. The summed E-state index contributed by atoms with van der Waals surface area (Å²) in [5, 5.41) is 11.2. The molecule has 0 amide bonds. The highest BCUT2D eigenvalue weighted by Crippen LogP contribution is 2.30. The number of hydrogen-bond donors (Lipinski definition) is 1. The molecule has 0 radical (unpaired) electrons. The molecule has 0 aromatic carbocycles. The first-order valence-electron chi connectivity index (χ1n) is 6.89. The Morgan fingerprint density at radius 1 is 1.50 bits per heavy atom. The van der Waals surface area contributed by atoms with E-state index in [0.717, 1.165) is 32.5 Å². The van der Waals surface area contributed by atoms with E-state index in [9.17, 15) is 10.1 Å². The molecule has 1 fully saturated rings. The predicted octanol–water partition coefficient (Wildman–Crippen LogP) is 1.49. The summed E-state index contributed by atoms with van der Waals surface area (Å²) in [4.78, 5) is 19.3. The molecule has 2 N–H and O–H groups in total. The van der Waals surface area contributed by atoms with Gasteiger partial charge in [0.05, 0.1) is 4.92 Å². The SMILES string of the molecule is CCC1CN(C)CCCN1c1nc(N)ccc1[N+](=O)[O-]. The van der Waals surface area contributed by atoms with Gasteiger partial charge in [0.25, 0.3) is 0 Å². The minimum absolute atomic E-state index is 0.0298. The fourth-order valence-corrected chi connectivity index (χ4v) is 2.68. The Balaban J connectivity index is 2.41. The highest BCUT2D eigenvalue weighted by Gasteiger charge is 2.29. The van der Waals surface area contributed by atoms with Crippen LogP contribution in [0.25, 0.3) is 0 Å². The van der Waals surface area contributed by atoms with Crippen molar-refractivity contribution in [3.63, 3.8) is 0 Å². The van der Waals surface area contributed by atoms with Crippen molar-refractivity contribution in [3.05, 3.63) is 22.2 Å². The van der Waals surface area contributed by atoms with E-state index in [1.807, 2.05) is 4.90 Å². The first kappa shape index (κ1) is 14.5. The molecule has 2 rings (SSSR count). The van der Waals surface area contributed by atoms with E-state index in [1.54, 1.807) is 0 Å². The first-order chi connectivity index (χ1) is 9.52. The Hall–Kier alpha value is -1.89. The van der Waals surface area contributed by atoms with Crippen molar-refractivity contribution >= 4 is 17.3 Å². The second-order valence-corrected chi connectivity index (χ2v) is 5.21. The molecule has 2 heterocycles. The number of anilines is 2. The topological polar surface area (TPSA) is 88.5 Å². The molecule has 7 heteroatoms. The summed E-state index contributed by atoms with van der Waals surface area (Å²) < 4.78 is 0. The van der Waals surface area contributed by atoms with Crippen molar-refractivity contribution in [3.8, 4) is 0 Å². The molecule has 1 atom stereocenters. The third-order valence-corrected chi connectivity index (χ3v) is 3.72. The molecule has 110 valence electrons. The zero-order chi connectivity index (χ0) is 14.7. The number of nitro groups is 1. The Labute approximate surface area is 118 Å². The molecule has 0 spiro atoms. The van der Waals surface area contributed by atoms with Crippen LogP contribution in [0.5, 0.6) is 0 Å². The van der Waals surface area contributed by atoms with Crippen LogP contribution < -0.4 is 10.6 Å². The van der Waals surface area contributed by atoms with E-state index in [2.05, 4.69) is 23.9 Å². The van der Waals surface area contributed by atoms with Gasteiger partial charge in [-0.05, 0) is 32.5 Å². The van der Waals surface area contributed by atoms with Crippen LogP contribution in [0.3, 0.4) is 0 Å². The minimum atomic E-state index is -0.386. The number of likely N-dealkylation sites (N-methyl/N-ethyl adjacent to an activating group) is 1. The van der Waals surface area contributed by atoms with Gasteiger partial charge in [0.2, 0.25) is 5.82 Å². The number of nitrogen functional groups attached to an aromatic ring is 1. The molecule has 1 aromatic heterocycles. The number of hydrogen-bond acceptors (Lipinski definition) is 6. The first-order valence-corrected chi connectivity index (χ1v) is 6.89. The second kappa shape index (κ2) is 6.04. The summed E-state index contributed by atoms with van der Waals surface area (Å²) >= 11 is 0. The van der Waals surface area contributed by atoms with Gasteiger partial charge in [-0.25, -0.2) is 4.98 Å². The number of nitrogens with two attached hydrogens (primary N) is 1. The predicted molar refractivity (Wildman–Crippen MR) is 78.8 cm³/mol. The molecule has 1 unspecified atom stereocenters. The van der Waals surface area contributed by atoms with Crippen molar-refractivity contribution < 1.29 is 4.92 Å². The Morgan fingerprint density at radius 2 is 2.25 bits per heavy atom. The molecule has 0 aliphatic carbocycles. The lowest BCUT2D eigenvalue weighted by atomic mass is 10.1. The Kier molecular flexibility index (Phi) is 4.39. The van der Waals surface area contributed by atoms with E-state index in [1.165, 1.54) is 12.1 Å². The fraction of sp³-hybridized carbons (Fsp3) is 0.615. The van der Waals surface area contributed by atoms with Crippen molar-refractivity contribution in [2.45, 2.75) is 25.8 Å². The van der Waals surface area contributed by atoms with Crippen LogP contribution in [0.2, 0.25) is 0 Å². The summed E-state index contributed by atoms with van der Waals surface area (Å²) in [7, 11) is 2.08. The highest BCUT2D eigenvalue weighted by molar-refractivity contribution is 5.61.